The van der Waals surface area contributed by atoms with Crippen LogP contribution in [0, 0.1) is 11.6 Å². The molecule has 5 nitrogen and oxygen atoms in total. The molecule has 0 bridgehead atoms. The van der Waals surface area contributed by atoms with Crippen LogP contribution in [0.2, 0.25) is 0 Å². The lowest BCUT2D eigenvalue weighted by molar-refractivity contribution is -0.116. The van der Waals surface area contributed by atoms with Gasteiger partial charge in [0, 0.05) is 11.8 Å². The van der Waals surface area contributed by atoms with E-state index in [9.17, 15) is 22.0 Å². The number of halogens is 2. The lowest BCUT2D eigenvalue weighted by atomic mass is 10.1. The van der Waals surface area contributed by atoms with Gasteiger partial charge in [-0.05, 0) is 43.2 Å². The van der Waals surface area contributed by atoms with Crippen LogP contribution in [0.1, 0.15) is 19.4 Å². The fraction of sp³-hybridized carbons (Fsp3) is 0.278. The molecule has 8 heteroatoms. The summed E-state index contributed by atoms with van der Waals surface area (Å²) in [6, 6.07) is 8.65. The smallest absolute Gasteiger partial charge is 0.247 e. The topological polar surface area (TPSA) is 66.5 Å². The summed E-state index contributed by atoms with van der Waals surface area (Å²) in [5.74, 6) is -2.81. The number of amides is 1. The minimum atomic E-state index is -3.75. The maximum absolute atomic E-state index is 13.3. The number of hydrogen-bond acceptors (Lipinski definition) is 3. The lowest BCUT2D eigenvalue weighted by Gasteiger charge is -2.28. The van der Waals surface area contributed by atoms with Crippen LogP contribution < -0.4 is 9.62 Å². The van der Waals surface area contributed by atoms with Crippen molar-refractivity contribution in [3.63, 3.8) is 0 Å². The molecule has 1 amide bonds. The molecule has 2 rings (SSSR count). The van der Waals surface area contributed by atoms with E-state index in [1.807, 2.05) is 6.92 Å². The molecule has 0 aliphatic rings. The minimum absolute atomic E-state index is 0.0375. The van der Waals surface area contributed by atoms with Gasteiger partial charge in [0.15, 0.2) is 11.6 Å². The average molecular weight is 382 g/mol. The first-order valence-corrected chi connectivity index (χ1v) is 9.82. The zero-order valence-electron chi connectivity index (χ0n) is 14.7. The number of nitrogens with zero attached hydrogens (tertiary/aromatic N) is 1. The van der Waals surface area contributed by atoms with Gasteiger partial charge in [0.05, 0.1) is 11.9 Å². The quantitative estimate of drug-likeness (QED) is 0.833. The van der Waals surface area contributed by atoms with E-state index >= 15 is 0 Å². The van der Waals surface area contributed by atoms with Gasteiger partial charge in [0.25, 0.3) is 0 Å². The largest absolute Gasteiger partial charge is 0.324 e. The molecule has 0 aromatic heterocycles. The van der Waals surface area contributed by atoms with E-state index < -0.39 is 33.6 Å². The molecule has 140 valence electrons. The molecule has 0 aliphatic carbocycles. The van der Waals surface area contributed by atoms with Crippen molar-refractivity contribution < 1.29 is 22.0 Å². The molecule has 1 unspecified atom stereocenters. The lowest BCUT2D eigenvalue weighted by Crippen LogP contribution is -2.45. The Morgan fingerprint density at radius 1 is 1.12 bits per heavy atom. The van der Waals surface area contributed by atoms with Crippen molar-refractivity contribution in [3.05, 3.63) is 59.7 Å². The fourth-order valence-corrected chi connectivity index (χ4v) is 3.68. The molecule has 26 heavy (non-hydrogen) atoms. The van der Waals surface area contributed by atoms with Crippen LogP contribution >= 0.6 is 0 Å². The highest BCUT2D eigenvalue weighted by molar-refractivity contribution is 7.92. The van der Waals surface area contributed by atoms with E-state index in [1.165, 1.54) is 13.0 Å². The third-order valence-electron chi connectivity index (χ3n) is 3.87. The van der Waals surface area contributed by atoms with Crippen molar-refractivity contribution in [1.82, 2.24) is 0 Å². The van der Waals surface area contributed by atoms with E-state index in [-0.39, 0.29) is 5.69 Å². The number of carbonyl (C=O) groups excluding carboxylic acids is 1. The number of nitrogens with one attached hydrogen (secondary N) is 1. The predicted molar refractivity (Wildman–Crippen MR) is 97.6 cm³/mol. The van der Waals surface area contributed by atoms with Crippen LogP contribution in [0.5, 0.6) is 0 Å². The molecule has 0 heterocycles. The Hall–Kier alpha value is -2.48. The molecule has 0 radical (unpaired) electrons. The summed E-state index contributed by atoms with van der Waals surface area (Å²) in [5.41, 5.74) is 1.41. The number of anilines is 2. The van der Waals surface area contributed by atoms with E-state index in [0.29, 0.717) is 5.69 Å². The van der Waals surface area contributed by atoms with Crippen molar-refractivity contribution in [3.8, 4) is 0 Å². The van der Waals surface area contributed by atoms with Gasteiger partial charge >= 0.3 is 0 Å². The van der Waals surface area contributed by atoms with E-state index in [4.69, 9.17) is 0 Å². The van der Waals surface area contributed by atoms with Gasteiger partial charge in [-0.2, -0.15) is 0 Å². The SMILES string of the molecule is CCc1ccc(N(C(C)C(=O)Nc2ccc(F)c(F)c2)S(C)(=O)=O)cc1. The van der Waals surface area contributed by atoms with Gasteiger partial charge in [-0.1, -0.05) is 19.1 Å². The Labute approximate surface area is 151 Å². The summed E-state index contributed by atoms with van der Waals surface area (Å²) in [4.78, 5) is 12.5. The number of benzene rings is 2. The Morgan fingerprint density at radius 2 is 1.73 bits per heavy atom. The molecule has 1 N–H and O–H groups in total. The van der Waals surface area contributed by atoms with Gasteiger partial charge in [0.2, 0.25) is 15.9 Å². The molecule has 2 aromatic rings. The summed E-state index contributed by atoms with van der Waals surface area (Å²) in [5, 5.41) is 2.40. The second kappa shape index (κ2) is 7.82. The maximum Gasteiger partial charge on any atom is 0.247 e. The van der Waals surface area contributed by atoms with Crippen molar-refractivity contribution in [1.29, 1.82) is 0 Å². The summed E-state index contributed by atoms with van der Waals surface area (Å²) < 4.78 is 51.7. The molecule has 0 saturated heterocycles. The second-order valence-electron chi connectivity index (χ2n) is 5.87. The van der Waals surface area contributed by atoms with Crippen LogP contribution in [0.4, 0.5) is 20.2 Å². The van der Waals surface area contributed by atoms with Gasteiger partial charge in [-0.25, -0.2) is 17.2 Å². The monoisotopic (exact) mass is 382 g/mol. The molecular weight excluding hydrogens is 362 g/mol. The highest BCUT2D eigenvalue weighted by atomic mass is 32.2. The number of aryl methyl sites for hydroxylation is 1. The maximum atomic E-state index is 13.3. The van der Waals surface area contributed by atoms with Crippen LogP contribution in [-0.2, 0) is 21.2 Å². The first-order chi connectivity index (χ1) is 12.1. The summed E-state index contributed by atoms with van der Waals surface area (Å²) in [6.45, 7) is 3.39. The molecule has 0 spiro atoms. The van der Waals surface area contributed by atoms with Crippen LogP contribution in [0.15, 0.2) is 42.5 Å². The van der Waals surface area contributed by atoms with Crippen molar-refractivity contribution >= 4 is 27.3 Å². The Bertz CT molecular complexity index is 899. The van der Waals surface area contributed by atoms with E-state index in [2.05, 4.69) is 5.32 Å². The zero-order chi connectivity index (χ0) is 19.5. The zero-order valence-corrected chi connectivity index (χ0v) is 15.5. The van der Waals surface area contributed by atoms with Crippen molar-refractivity contribution in [2.45, 2.75) is 26.3 Å². The average Bonchev–Trinajstić information content (AvgIpc) is 2.57. The Kier molecular flexibility index (Phi) is 5.97. The van der Waals surface area contributed by atoms with Gasteiger partial charge in [-0.15, -0.1) is 0 Å². The van der Waals surface area contributed by atoms with Gasteiger partial charge < -0.3 is 5.32 Å². The van der Waals surface area contributed by atoms with Gasteiger partial charge in [-0.3, -0.25) is 9.10 Å². The van der Waals surface area contributed by atoms with E-state index in [1.54, 1.807) is 24.3 Å². The first kappa shape index (κ1) is 19.8. The van der Waals surface area contributed by atoms with E-state index in [0.717, 1.165) is 34.7 Å². The predicted octanol–water partition coefficient (Wildman–Crippen LogP) is 3.32. The molecule has 0 fully saturated rings. The number of sulfonamides is 1. The Morgan fingerprint density at radius 3 is 2.23 bits per heavy atom. The molecular formula is C18H20F2N2O3S. The number of carbonyl (C=O) groups is 1. The first-order valence-electron chi connectivity index (χ1n) is 7.97. The molecule has 0 aliphatic heterocycles. The summed E-state index contributed by atoms with van der Waals surface area (Å²) in [7, 11) is -3.75. The van der Waals surface area contributed by atoms with Crippen LogP contribution in [0.3, 0.4) is 0 Å². The minimum Gasteiger partial charge on any atom is -0.324 e. The highest BCUT2D eigenvalue weighted by Gasteiger charge is 2.29. The van der Waals surface area contributed by atoms with Crippen molar-refractivity contribution in [2.24, 2.45) is 0 Å². The van der Waals surface area contributed by atoms with Gasteiger partial charge in [0.1, 0.15) is 6.04 Å². The number of rotatable bonds is 6. The van der Waals surface area contributed by atoms with Crippen molar-refractivity contribution in [2.75, 3.05) is 15.9 Å². The molecule has 2 aromatic carbocycles. The second-order valence-corrected chi connectivity index (χ2v) is 7.73. The Balaban J connectivity index is 2.29. The fourth-order valence-electron chi connectivity index (χ4n) is 2.51. The standard InChI is InChI=1S/C18H20F2N2O3S/c1-4-13-5-8-15(9-6-13)22(26(3,24)25)12(2)18(23)21-14-7-10-16(19)17(20)11-14/h5-12H,4H2,1-3H3,(H,21,23). The normalized spacial score (nSPS) is 12.5. The highest BCUT2D eigenvalue weighted by Crippen LogP contribution is 2.23. The summed E-state index contributed by atoms with van der Waals surface area (Å²) in [6.07, 6.45) is 1.80. The summed E-state index contributed by atoms with van der Waals surface area (Å²) >= 11 is 0. The molecule has 0 saturated carbocycles. The molecule has 1 atom stereocenters. The van der Waals surface area contributed by atoms with Crippen LogP contribution in [-0.4, -0.2) is 26.6 Å². The third-order valence-corrected chi connectivity index (χ3v) is 5.12. The van der Waals surface area contributed by atoms with Crippen LogP contribution in [0.25, 0.3) is 0 Å². The third kappa shape index (κ3) is 4.57. The number of hydrogen-bond donors (Lipinski definition) is 1.